The van der Waals surface area contributed by atoms with Gasteiger partial charge in [-0.15, -0.1) is 5.10 Å². The Hall–Kier alpha value is -4.29. The van der Waals surface area contributed by atoms with Gasteiger partial charge in [-0.25, -0.2) is 14.1 Å². The molecular formula is C28H31FN8O3. The van der Waals surface area contributed by atoms with E-state index in [1.54, 1.807) is 23.9 Å². The van der Waals surface area contributed by atoms with Crippen LogP contribution in [0.1, 0.15) is 0 Å². The highest BCUT2D eigenvalue weighted by Crippen LogP contribution is 2.34. The van der Waals surface area contributed by atoms with Crippen molar-refractivity contribution in [2.24, 2.45) is 0 Å². The third-order valence-corrected chi connectivity index (χ3v) is 7.37. The molecular weight excluding hydrogens is 515 g/mol. The van der Waals surface area contributed by atoms with Crippen LogP contribution in [0.3, 0.4) is 0 Å². The van der Waals surface area contributed by atoms with E-state index in [1.807, 2.05) is 29.2 Å². The van der Waals surface area contributed by atoms with Crippen molar-refractivity contribution in [3.05, 3.63) is 54.3 Å². The average molecular weight is 547 g/mol. The van der Waals surface area contributed by atoms with Crippen molar-refractivity contribution in [2.45, 2.75) is 0 Å². The second-order valence-corrected chi connectivity index (χ2v) is 9.83. The van der Waals surface area contributed by atoms with Gasteiger partial charge in [0, 0.05) is 44.8 Å². The van der Waals surface area contributed by atoms with Crippen LogP contribution >= 0.6 is 0 Å². The van der Waals surface area contributed by atoms with E-state index in [4.69, 9.17) is 25.2 Å². The lowest BCUT2D eigenvalue weighted by atomic mass is 10.1. The molecule has 0 unspecified atom stereocenters. The van der Waals surface area contributed by atoms with Gasteiger partial charge in [-0.2, -0.15) is 4.98 Å². The van der Waals surface area contributed by atoms with Gasteiger partial charge in [-0.1, -0.05) is 0 Å². The number of carbonyl (C=O) groups excluding carboxylic acids is 1. The van der Waals surface area contributed by atoms with Gasteiger partial charge < -0.3 is 25.0 Å². The smallest absolute Gasteiger partial charge is 0.236 e. The van der Waals surface area contributed by atoms with Crippen LogP contribution in [-0.4, -0.2) is 102 Å². The van der Waals surface area contributed by atoms with E-state index in [9.17, 15) is 9.18 Å². The number of carbonyl (C=O) groups is 1. The number of halogens is 1. The molecule has 11 nitrogen and oxygen atoms in total. The quantitative estimate of drug-likeness (QED) is 0.389. The number of anilines is 2. The fourth-order valence-corrected chi connectivity index (χ4v) is 5.09. The third-order valence-electron chi connectivity index (χ3n) is 7.37. The molecule has 40 heavy (non-hydrogen) atoms. The number of aromatic nitrogens is 4. The molecule has 2 aliphatic heterocycles. The first kappa shape index (κ1) is 26.0. The van der Waals surface area contributed by atoms with Crippen molar-refractivity contribution in [1.82, 2.24) is 29.5 Å². The number of nitrogens with two attached hydrogens (primary N) is 1. The molecule has 0 bridgehead atoms. The highest BCUT2D eigenvalue weighted by atomic mass is 19.1. The summed E-state index contributed by atoms with van der Waals surface area (Å²) >= 11 is 0. The summed E-state index contributed by atoms with van der Waals surface area (Å²) in [4.78, 5) is 28.6. The first-order chi connectivity index (χ1) is 19.5. The van der Waals surface area contributed by atoms with Crippen LogP contribution in [0.15, 0.2) is 48.5 Å². The number of amides is 1. The summed E-state index contributed by atoms with van der Waals surface area (Å²) in [6.45, 7) is 5.63. The number of methoxy groups -OCH3 is 1. The van der Waals surface area contributed by atoms with Gasteiger partial charge in [0.1, 0.15) is 17.4 Å². The molecule has 2 fully saturated rings. The first-order valence-corrected chi connectivity index (χ1v) is 13.3. The van der Waals surface area contributed by atoms with Crippen molar-refractivity contribution in [2.75, 3.05) is 76.8 Å². The fraction of sp³-hybridized carbons (Fsp3) is 0.357. The number of ether oxygens (including phenoxy) is 2. The molecule has 4 heterocycles. The Bertz CT molecular complexity index is 1500. The Labute approximate surface area is 230 Å². The van der Waals surface area contributed by atoms with E-state index >= 15 is 0 Å². The predicted molar refractivity (Wildman–Crippen MR) is 149 cm³/mol. The van der Waals surface area contributed by atoms with Gasteiger partial charge in [0.25, 0.3) is 0 Å². The maximum Gasteiger partial charge on any atom is 0.236 e. The second-order valence-electron chi connectivity index (χ2n) is 9.83. The van der Waals surface area contributed by atoms with Crippen LogP contribution < -0.4 is 15.4 Å². The van der Waals surface area contributed by atoms with Crippen LogP contribution in [0.5, 0.6) is 5.75 Å². The highest BCUT2D eigenvalue weighted by molar-refractivity contribution is 5.99. The van der Waals surface area contributed by atoms with Crippen LogP contribution in [0.2, 0.25) is 0 Å². The van der Waals surface area contributed by atoms with Crippen molar-refractivity contribution < 1.29 is 18.7 Å². The molecule has 0 aliphatic carbocycles. The molecule has 6 rings (SSSR count). The number of nitrogens with zero attached hydrogens (tertiary/aromatic N) is 7. The number of hydrogen-bond donors (Lipinski definition) is 1. The molecule has 208 valence electrons. The Morgan fingerprint density at radius 1 is 0.975 bits per heavy atom. The van der Waals surface area contributed by atoms with E-state index in [2.05, 4.69) is 14.9 Å². The number of morpholine rings is 1. The Kier molecular flexibility index (Phi) is 7.18. The van der Waals surface area contributed by atoms with Gasteiger partial charge in [0.2, 0.25) is 11.9 Å². The second kappa shape index (κ2) is 11.1. The SMILES string of the molecule is COc1ccc(-c2nc(N3CCN(CC(=O)N4CCOCC4)CC3)nc3nn(-c4ccc(F)cc4)c(N)c23)cc1. The molecule has 12 heteroatoms. The highest BCUT2D eigenvalue weighted by Gasteiger charge is 2.26. The average Bonchev–Trinajstić information content (AvgIpc) is 3.34. The van der Waals surface area contributed by atoms with E-state index in [-0.39, 0.29) is 11.7 Å². The van der Waals surface area contributed by atoms with Gasteiger partial charge in [0.05, 0.1) is 43.6 Å². The van der Waals surface area contributed by atoms with Crippen molar-refractivity contribution in [3.63, 3.8) is 0 Å². The summed E-state index contributed by atoms with van der Waals surface area (Å²) in [5.41, 5.74) is 9.16. The van der Waals surface area contributed by atoms with Gasteiger partial charge in [-0.3, -0.25) is 9.69 Å². The molecule has 2 saturated heterocycles. The number of piperazine rings is 1. The van der Waals surface area contributed by atoms with E-state index in [0.29, 0.717) is 93.2 Å². The van der Waals surface area contributed by atoms with E-state index in [0.717, 1.165) is 11.3 Å². The van der Waals surface area contributed by atoms with Crippen molar-refractivity contribution in [3.8, 4) is 22.7 Å². The molecule has 0 spiro atoms. The zero-order valence-electron chi connectivity index (χ0n) is 22.3. The van der Waals surface area contributed by atoms with Gasteiger partial charge in [-0.05, 0) is 48.5 Å². The molecule has 0 atom stereocenters. The summed E-state index contributed by atoms with van der Waals surface area (Å²) in [6.07, 6.45) is 0. The Morgan fingerprint density at radius 2 is 1.68 bits per heavy atom. The van der Waals surface area contributed by atoms with Crippen LogP contribution in [-0.2, 0) is 9.53 Å². The maximum absolute atomic E-state index is 13.6. The van der Waals surface area contributed by atoms with Gasteiger partial charge in [0.15, 0.2) is 5.65 Å². The van der Waals surface area contributed by atoms with Gasteiger partial charge >= 0.3 is 0 Å². The number of hydrogen-bond acceptors (Lipinski definition) is 9. The lowest BCUT2D eigenvalue weighted by molar-refractivity contribution is -0.136. The summed E-state index contributed by atoms with van der Waals surface area (Å²) < 4.78 is 25.8. The molecule has 2 aromatic carbocycles. The normalized spacial score (nSPS) is 16.4. The minimum atomic E-state index is -0.342. The van der Waals surface area contributed by atoms with Crippen LogP contribution in [0, 0.1) is 5.82 Å². The molecule has 0 saturated carbocycles. The summed E-state index contributed by atoms with van der Waals surface area (Å²) in [5, 5.41) is 5.31. The summed E-state index contributed by atoms with van der Waals surface area (Å²) in [6, 6.07) is 13.6. The van der Waals surface area contributed by atoms with Crippen molar-refractivity contribution in [1.29, 1.82) is 0 Å². The largest absolute Gasteiger partial charge is 0.497 e. The monoisotopic (exact) mass is 546 g/mol. The Morgan fingerprint density at radius 3 is 2.35 bits per heavy atom. The molecule has 2 N–H and O–H groups in total. The molecule has 2 aromatic heterocycles. The maximum atomic E-state index is 13.6. The summed E-state index contributed by atoms with van der Waals surface area (Å²) in [5.74, 6) is 1.43. The third kappa shape index (κ3) is 5.15. The zero-order valence-corrected chi connectivity index (χ0v) is 22.3. The molecule has 1 amide bonds. The van der Waals surface area contributed by atoms with Crippen molar-refractivity contribution >= 4 is 28.7 Å². The number of rotatable bonds is 6. The molecule has 0 radical (unpaired) electrons. The number of fused-ring (bicyclic) bond motifs is 1. The molecule has 2 aliphatic rings. The summed E-state index contributed by atoms with van der Waals surface area (Å²) in [7, 11) is 1.62. The number of benzene rings is 2. The molecule has 4 aromatic rings. The minimum Gasteiger partial charge on any atom is -0.497 e. The lowest BCUT2D eigenvalue weighted by Gasteiger charge is -2.36. The number of nitrogen functional groups attached to an aromatic ring is 1. The standard InChI is InChI=1S/C28H31FN8O3/c1-39-22-8-2-19(3-9-22)25-24-26(30)37(21-6-4-20(29)5-7-21)33-27(24)32-28(31-25)36-12-10-34(11-13-36)18-23(38)35-14-16-40-17-15-35/h2-9H,10-18,30H2,1H3. The zero-order chi connectivity index (χ0) is 27.6. The Balaban J connectivity index is 1.30. The predicted octanol–water partition coefficient (Wildman–Crippen LogP) is 2.19. The lowest BCUT2D eigenvalue weighted by Crippen LogP contribution is -2.51. The van der Waals surface area contributed by atoms with E-state index in [1.165, 1.54) is 12.1 Å². The fourth-order valence-electron chi connectivity index (χ4n) is 5.09. The topological polar surface area (TPSA) is 115 Å². The first-order valence-electron chi connectivity index (χ1n) is 13.3. The van der Waals surface area contributed by atoms with E-state index < -0.39 is 0 Å². The van der Waals surface area contributed by atoms with Crippen LogP contribution in [0.25, 0.3) is 28.0 Å². The van der Waals surface area contributed by atoms with Crippen LogP contribution in [0.4, 0.5) is 16.2 Å². The minimum absolute atomic E-state index is 0.137.